The fourth-order valence-corrected chi connectivity index (χ4v) is 4.39. The highest BCUT2D eigenvalue weighted by Gasteiger charge is 2.14. The van der Waals surface area contributed by atoms with E-state index in [1.807, 2.05) is 30.3 Å². The van der Waals surface area contributed by atoms with E-state index in [0.717, 1.165) is 48.7 Å². The first kappa shape index (κ1) is 19.6. The number of ether oxygens (including phenoxy) is 1. The van der Waals surface area contributed by atoms with Crippen LogP contribution in [-0.4, -0.2) is 61.6 Å². The highest BCUT2D eigenvalue weighted by molar-refractivity contribution is 7.17. The van der Waals surface area contributed by atoms with Crippen LogP contribution < -0.4 is 5.32 Å². The van der Waals surface area contributed by atoms with Gasteiger partial charge in [0.2, 0.25) is 0 Å². The van der Waals surface area contributed by atoms with E-state index in [4.69, 9.17) is 4.74 Å². The molecule has 0 aliphatic carbocycles. The second-order valence-corrected chi connectivity index (χ2v) is 8.01. The summed E-state index contributed by atoms with van der Waals surface area (Å²) in [5.74, 6) is -0.0872. The molecule has 1 aliphatic rings. The molecule has 150 valence electrons. The van der Waals surface area contributed by atoms with Crippen molar-refractivity contribution in [3.8, 4) is 16.2 Å². The average molecular weight is 410 g/mol. The molecular formula is C22H22N2O4S. The molecule has 0 unspecified atom stereocenters. The molecule has 2 heterocycles. The molecule has 1 amide bonds. The van der Waals surface area contributed by atoms with Crippen molar-refractivity contribution in [1.29, 1.82) is 0 Å². The van der Waals surface area contributed by atoms with E-state index in [0.29, 0.717) is 28.7 Å². The zero-order chi connectivity index (χ0) is 20.2. The molecule has 0 atom stereocenters. The maximum atomic E-state index is 12.5. The minimum Gasteiger partial charge on any atom is -0.507 e. The summed E-state index contributed by atoms with van der Waals surface area (Å²) in [5, 5.41) is 14.4. The van der Waals surface area contributed by atoms with E-state index in [1.54, 1.807) is 6.07 Å². The Labute approximate surface area is 172 Å². The standard InChI is InChI=1S/C22H22N2O4S/c25-14-18-17-3-1-16(13-15(17)2-4-19(18)26)20-5-6-21(29-20)22(27)23-7-8-24-9-11-28-12-10-24/h1-6,13-14,26H,7-12H2,(H,23,27). The van der Waals surface area contributed by atoms with Gasteiger partial charge in [-0.15, -0.1) is 11.3 Å². The molecular weight excluding hydrogens is 388 g/mol. The molecule has 6 nitrogen and oxygen atoms in total. The smallest absolute Gasteiger partial charge is 0.261 e. The van der Waals surface area contributed by atoms with Crippen LogP contribution in [0.2, 0.25) is 0 Å². The summed E-state index contributed by atoms with van der Waals surface area (Å²) in [6.07, 6.45) is 0.668. The Morgan fingerprint density at radius 1 is 1.17 bits per heavy atom. The number of phenolic OH excluding ortho intramolecular Hbond substituents is 1. The summed E-state index contributed by atoms with van der Waals surface area (Å²) >= 11 is 1.44. The number of carbonyl (C=O) groups excluding carboxylic acids is 2. The highest BCUT2D eigenvalue weighted by atomic mass is 32.1. The van der Waals surface area contributed by atoms with Crippen molar-refractivity contribution < 1.29 is 19.4 Å². The Morgan fingerprint density at radius 3 is 2.79 bits per heavy atom. The molecule has 3 aromatic rings. The Morgan fingerprint density at radius 2 is 2.00 bits per heavy atom. The zero-order valence-electron chi connectivity index (χ0n) is 15.9. The fraction of sp³-hybridized carbons (Fsp3) is 0.273. The van der Waals surface area contributed by atoms with E-state index >= 15 is 0 Å². The number of morpholine rings is 1. The molecule has 0 radical (unpaired) electrons. The van der Waals surface area contributed by atoms with E-state index < -0.39 is 0 Å². The predicted molar refractivity (Wildman–Crippen MR) is 114 cm³/mol. The van der Waals surface area contributed by atoms with Crippen molar-refractivity contribution in [2.75, 3.05) is 39.4 Å². The van der Waals surface area contributed by atoms with Crippen LogP contribution in [-0.2, 0) is 4.74 Å². The Hall–Kier alpha value is -2.74. The normalized spacial score (nSPS) is 14.8. The predicted octanol–water partition coefficient (Wildman–Crippen LogP) is 3.15. The third-order valence-electron chi connectivity index (χ3n) is 5.09. The van der Waals surface area contributed by atoms with Crippen LogP contribution in [0.4, 0.5) is 0 Å². The summed E-state index contributed by atoms with van der Waals surface area (Å²) in [5.41, 5.74) is 1.26. The highest BCUT2D eigenvalue weighted by Crippen LogP contribution is 2.33. The Balaban J connectivity index is 1.44. The van der Waals surface area contributed by atoms with Gasteiger partial charge < -0.3 is 15.2 Å². The lowest BCUT2D eigenvalue weighted by Crippen LogP contribution is -2.41. The number of benzene rings is 2. The third-order valence-corrected chi connectivity index (χ3v) is 6.22. The molecule has 1 saturated heterocycles. The van der Waals surface area contributed by atoms with Crippen molar-refractivity contribution >= 4 is 34.3 Å². The third kappa shape index (κ3) is 4.32. The Bertz CT molecular complexity index is 1040. The molecule has 2 N–H and O–H groups in total. The van der Waals surface area contributed by atoms with Gasteiger partial charge in [0.1, 0.15) is 5.75 Å². The maximum Gasteiger partial charge on any atom is 0.261 e. The van der Waals surface area contributed by atoms with Gasteiger partial charge in [-0.2, -0.15) is 0 Å². The molecule has 4 rings (SSSR count). The van der Waals surface area contributed by atoms with Crippen LogP contribution in [0.3, 0.4) is 0 Å². The monoisotopic (exact) mass is 410 g/mol. The number of hydrogen-bond acceptors (Lipinski definition) is 6. The first-order valence-corrected chi connectivity index (χ1v) is 10.4. The number of thiophene rings is 1. The lowest BCUT2D eigenvalue weighted by Gasteiger charge is -2.26. The molecule has 0 spiro atoms. The first-order chi connectivity index (χ1) is 14.2. The van der Waals surface area contributed by atoms with Gasteiger partial charge in [0, 0.05) is 31.1 Å². The average Bonchev–Trinajstić information content (AvgIpc) is 3.24. The van der Waals surface area contributed by atoms with Crippen LogP contribution in [0, 0.1) is 0 Å². The quantitative estimate of drug-likeness (QED) is 0.611. The number of aromatic hydroxyl groups is 1. The van der Waals surface area contributed by atoms with Crippen LogP contribution in [0.1, 0.15) is 20.0 Å². The van der Waals surface area contributed by atoms with E-state index in [-0.39, 0.29) is 11.7 Å². The van der Waals surface area contributed by atoms with Crippen molar-refractivity contribution in [3.63, 3.8) is 0 Å². The van der Waals surface area contributed by atoms with Gasteiger partial charge in [-0.25, -0.2) is 0 Å². The molecule has 2 aromatic carbocycles. The van der Waals surface area contributed by atoms with Gasteiger partial charge in [-0.1, -0.05) is 18.2 Å². The lowest BCUT2D eigenvalue weighted by atomic mass is 10.0. The minimum atomic E-state index is -0.0662. The van der Waals surface area contributed by atoms with Crippen LogP contribution in [0.25, 0.3) is 21.2 Å². The summed E-state index contributed by atoms with van der Waals surface area (Å²) < 4.78 is 5.33. The van der Waals surface area contributed by atoms with Crippen LogP contribution >= 0.6 is 11.3 Å². The van der Waals surface area contributed by atoms with Crippen molar-refractivity contribution in [2.45, 2.75) is 0 Å². The largest absolute Gasteiger partial charge is 0.507 e. The summed E-state index contributed by atoms with van der Waals surface area (Å²) in [4.78, 5) is 27.6. The minimum absolute atomic E-state index is 0.0209. The van der Waals surface area contributed by atoms with Gasteiger partial charge in [-0.05, 0) is 40.6 Å². The summed E-state index contributed by atoms with van der Waals surface area (Å²) in [6, 6.07) is 12.8. The number of aldehydes is 1. The van der Waals surface area contributed by atoms with Gasteiger partial charge in [0.25, 0.3) is 5.91 Å². The molecule has 1 aliphatic heterocycles. The van der Waals surface area contributed by atoms with E-state index in [1.165, 1.54) is 17.4 Å². The van der Waals surface area contributed by atoms with Gasteiger partial charge in [0.15, 0.2) is 6.29 Å². The SMILES string of the molecule is O=Cc1c(O)ccc2cc(-c3ccc(C(=O)NCCN4CCOCC4)s3)ccc12. The summed E-state index contributed by atoms with van der Waals surface area (Å²) in [6.45, 7) is 4.75. The maximum absolute atomic E-state index is 12.5. The lowest BCUT2D eigenvalue weighted by molar-refractivity contribution is 0.0383. The number of fused-ring (bicyclic) bond motifs is 1. The van der Waals surface area contributed by atoms with E-state index in [2.05, 4.69) is 10.2 Å². The fourth-order valence-electron chi connectivity index (χ4n) is 3.47. The van der Waals surface area contributed by atoms with Crippen molar-refractivity contribution in [1.82, 2.24) is 10.2 Å². The zero-order valence-corrected chi connectivity index (χ0v) is 16.7. The van der Waals surface area contributed by atoms with Crippen molar-refractivity contribution in [2.24, 2.45) is 0 Å². The second kappa shape index (κ2) is 8.73. The molecule has 1 fully saturated rings. The number of nitrogens with zero attached hydrogens (tertiary/aromatic N) is 1. The molecule has 0 saturated carbocycles. The van der Waals surface area contributed by atoms with E-state index in [9.17, 15) is 14.7 Å². The molecule has 0 bridgehead atoms. The molecule has 7 heteroatoms. The number of hydrogen-bond donors (Lipinski definition) is 2. The Kier molecular flexibility index (Phi) is 5.89. The topological polar surface area (TPSA) is 78.9 Å². The first-order valence-electron chi connectivity index (χ1n) is 9.55. The second-order valence-electron chi connectivity index (χ2n) is 6.93. The molecule has 29 heavy (non-hydrogen) atoms. The number of amides is 1. The van der Waals surface area contributed by atoms with Crippen LogP contribution in [0.5, 0.6) is 5.75 Å². The summed E-state index contributed by atoms with van der Waals surface area (Å²) in [7, 11) is 0. The van der Waals surface area contributed by atoms with Gasteiger partial charge in [-0.3, -0.25) is 14.5 Å². The van der Waals surface area contributed by atoms with Gasteiger partial charge in [0.05, 0.1) is 23.7 Å². The number of carbonyl (C=O) groups is 2. The molecule has 1 aromatic heterocycles. The number of phenols is 1. The van der Waals surface area contributed by atoms with Gasteiger partial charge >= 0.3 is 0 Å². The van der Waals surface area contributed by atoms with Crippen LogP contribution in [0.15, 0.2) is 42.5 Å². The number of nitrogens with one attached hydrogen (secondary N) is 1. The van der Waals surface area contributed by atoms with Crippen molar-refractivity contribution in [3.05, 3.63) is 52.9 Å². The number of rotatable bonds is 6.